The minimum Gasteiger partial charge on any atom is -0.475 e. The molecule has 6 heterocycles. The molecule has 2 aromatic heterocycles. The standard InChI is InChI=1S/C29H25F4N7O4/c1-37-14-19(26(36-37)44-28(32)33)20-18-8-5-9-38(12-16-6-3-2-4-7-16)25(18)34-22(20)21-23(24(30)31)35-40-13-17(15-43-27(21)40)39-10-11-42-29(39)41/h2-9,14,17,24,28H,10-13,15H2,1H3. The summed E-state index contributed by atoms with van der Waals surface area (Å²) < 4.78 is 76.6. The van der Waals surface area contributed by atoms with Crippen molar-refractivity contribution in [1.82, 2.24) is 34.0 Å². The van der Waals surface area contributed by atoms with Crippen LogP contribution in [0.4, 0.5) is 22.4 Å². The lowest BCUT2D eigenvalue weighted by molar-refractivity contribution is -0.0527. The second-order valence-corrected chi connectivity index (χ2v) is 10.4. The third-order valence-corrected chi connectivity index (χ3v) is 7.63. The predicted molar refractivity (Wildman–Crippen MR) is 147 cm³/mol. The number of nitrogens with zero attached hydrogens (tertiary/aromatic N) is 7. The molecule has 1 atom stereocenters. The summed E-state index contributed by atoms with van der Waals surface area (Å²) in [6.07, 6.45) is -0.273. The SMILES string of the molecule is Cn1cc(-c2c3cccn(Cc4ccccc4)c-3nc2-c2c(C(F)F)nn3c2OCC(N2CCOC2=O)C3)c(OC(F)F)n1. The van der Waals surface area contributed by atoms with Gasteiger partial charge < -0.3 is 18.8 Å². The Bertz CT molecular complexity index is 1800. The van der Waals surface area contributed by atoms with E-state index in [-0.39, 0.29) is 53.9 Å². The maximum atomic E-state index is 14.7. The van der Waals surface area contributed by atoms with Crippen molar-refractivity contribution in [3.05, 3.63) is 66.1 Å². The molecule has 44 heavy (non-hydrogen) atoms. The Balaban J connectivity index is 1.43. The van der Waals surface area contributed by atoms with E-state index in [1.54, 1.807) is 18.3 Å². The van der Waals surface area contributed by atoms with Crippen molar-refractivity contribution in [2.45, 2.75) is 32.2 Å². The fourth-order valence-corrected chi connectivity index (χ4v) is 5.79. The van der Waals surface area contributed by atoms with Gasteiger partial charge >= 0.3 is 12.7 Å². The molecule has 0 aliphatic carbocycles. The van der Waals surface area contributed by atoms with Gasteiger partial charge in [0.25, 0.3) is 6.43 Å². The summed E-state index contributed by atoms with van der Waals surface area (Å²) in [7, 11) is 1.54. The molecule has 11 nitrogen and oxygen atoms in total. The molecule has 1 amide bonds. The summed E-state index contributed by atoms with van der Waals surface area (Å²) in [4.78, 5) is 18.5. The number of pyridine rings is 1. The van der Waals surface area contributed by atoms with E-state index in [0.717, 1.165) is 5.56 Å². The molecule has 0 spiro atoms. The smallest absolute Gasteiger partial charge is 0.410 e. The molecule has 4 aliphatic heterocycles. The molecule has 7 rings (SSSR count). The fourth-order valence-electron chi connectivity index (χ4n) is 5.79. The molecule has 15 heteroatoms. The molecule has 1 fully saturated rings. The van der Waals surface area contributed by atoms with Crippen molar-refractivity contribution < 1.29 is 36.6 Å². The third kappa shape index (κ3) is 4.77. The van der Waals surface area contributed by atoms with Crippen molar-refractivity contribution in [2.24, 2.45) is 7.05 Å². The average Bonchev–Trinajstić information content (AvgIpc) is 3.76. The van der Waals surface area contributed by atoms with Gasteiger partial charge in [0.2, 0.25) is 11.8 Å². The van der Waals surface area contributed by atoms with Crippen LogP contribution in [0.5, 0.6) is 11.8 Å². The van der Waals surface area contributed by atoms with Crippen LogP contribution >= 0.6 is 0 Å². The summed E-state index contributed by atoms with van der Waals surface area (Å²) in [6.45, 7) is -2.12. The van der Waals surface area contributed by atoms with Gasteiger partial charge in [-0.15, -0.1) is 5.10 Å². The van der Waals surface area contributed by atoms with Crippen molar-refractivity contribution in [3.8, 4) is 45.5 Å². The first kappa shape index (κ1) is 27.7. The number of hydrogen-bond acceptors (Lipinski definition) is 7. The van der Waals surface area contributed by atoms with E-state index >= 15 is 0 Å². The molecule has 0 N–H and O–H groups in total. The highest BCUT2D eigenvalue weighted by atomic mass is 19.3. The van der Waals surface area contributed by atoms with Crippen LogP contribution < -0.4 is 9.47 Å². The number of halogens is 4. The zero-order chi connectivity index (χ0) is 30.5. The summed E-state index contributed by atoms with van der Waals surface area (Å²) in [5.74, 6) is 0.0644. The van der Waals surface area contributed by atoms with E-state index in [1.165, 1.54) is 27.5 Å². The molecule has 0 radical (unpaired) electrons. The Hall–Kier alpha value is -5.08. The van der Waals surface area contributed by atoms with E-state index in [1.807, 2.05) is 34.9 Å². The van der Waals surface area contributed by atoms with Gasteiger partial charge in [0.1, 0.15) is 24.7 Å². The molecule has 0 saturated carbocycles. The van der Waals surface area contributed by atoms with Crippen LogP contribution in [0.3, 0.4) is 0 Å². The molecular formula is C29H25F4N7O4. The van der Waals surface area contributed by atoms with E-state index in [9.17, 15) is 22.4 Å². The second-order valence-electron chi connectivity index (χ2n) is 10.4. The monoisotopic (exact) mass is 611 g/mol. The normalized spacial score (nSPS) is 16.6. The number of hydrogen-bond donors (Lipinski definition) is 0. The van der Waals surface area contributed by atoms with Gasteiger partial charge in [-0.05, 0) is 17.7 Å². The highest BCUT2D eigenvalue weighted by Crippen LogP contribution is 2.50. The first-order valence-electron chi connectivity index (χ1n) is 13.8. The van der Waals surface area contributed by atoms with Crippen LogP contribution in [-0.2, 0) is 24.9 Å². The third-order valence-electron chi connectivity index (χ3n) is 7.63. The van der Waals surface area contributed by atoms with Crippen molar-refractivity contribution >= 4 is 6.09 Å². The largest absolute Gasteiger partial charge is 0.475 e. The maximum Gasteiger partial charge on any atom is 0.410 e. The molecule has 0 bridgehead atoms. The number of cyclic esters (lactones) is 1. The average molecular weight is 612 g/mol. The highest BCUT2D eigenvalue weighted by Gasteiger charge is 2.39. The van der Waals surface area contributed by atoms with Gasteiger partial charge in [-0.1, -0.05) is 30.3 Å². The zero-order valence-corrected chi connectivity index (χ0v) is 23.2. The van der Waals surface area contributed by atoms with Crippen LogP contribution in [-0.4, -0.2) is 72.5 Å². The topological polar surface area (TPSA) is 101 Å². The number of rotatable bonds is 8. The molecule has 1 unspecified atom stereocenters. The van der Waals surface area contributed by atoms with Crippen LogP contribution in [0.1, 0.15) is 17.7 Å². The van der Waals surface area contributed by atoms with Gasteiger partial charge in [-0.3, -0.25) is 9.58 Å². The van der Waals surface area contributed by atoms with Crippen molar-refractivity contribution in [2.75, 3.05) is 19.8 Å². The lowest BCUT2D eigenvalue weighted by atomic mass is 9.98. The number of aromatic nitrogens is 6. The number of aryl methyl sites for hydroxylation is 1. The van der Waals surface area contributed by atoms with Gasteiger partial charge in [0.05, 0.1) is 36.0 Å². The molecule has 1 aromatic carbocycles. The van der Waals surface area contributed by atoms with Crippen LogP contribution in [0, 0.1) is 0 Å². The maximum absolute atomic E-state index is 14.7. The number of alkyl halides is 4. The Morgan fingerprint density at radius 2 is 1.84 bits per heavy atom. The van der Waals surface area contributed by atoms with Gasteiger partial charge in [0.15, 0.2) is 0 Å². The number of benzene rings is 1. The molecule has 3 aromatic rings. The Labute approximate surface area is 247 Å². The number of carbonyl (C=O) groups excluding carboxylic acids is 1. The van der Waals surface area contributed by atoms with E-state index in [4.69, 9.17) is 19.2 Å². The van der Waals surface area contributed by atoms with Gasteiger partial charge in [-0.25, -0.2) is 23.2 Å². The first-order chi connectivity index (χ1) is 21.3. The predicted octanol–water partition coefficient (Wildman–Crippen LogP) is 5.05. The fraction of sp³-hybridized carbons (Fsp3) is 0.310. The van der Waals surface area contributed by atoms with Crippen LogP contribution in [0.25, 0.3) is 33.8 Å². The van der Waals surface area contributed by atoms with Crippen molar-refractivity contribution in [1.29, 1.82) is 0 Å². The molecular weight excluding hydrogens is 586 g/mol. The zero-order valence-electron chi connectivity index (χ0n) is 23.2. The molecule has 228 valence electrons. The van der Waals surface area contributed by atoms with Crippen molar-refractivity contribution in [3.63, 3.8) is 0 Å². The highest BCUT2D eigenvalue weighted by molar-refractivity contribution is 5.97. The number of carbonyl (C=O) groups is 1. The minimum atomic E-state index is -3.18. The first-order valence-corrected chi connectivity index (χ1v) is 13.8. The Morgan fingerprint density at radius 1 is 1.02 bits per heavy atom. The lowest BCUT2D eigenvalue weighted by Crippen LogP contribution is -2.45. The Kier molecular flexibility index (Phi) is 6.86. The number of amides is 1. The number of ether oxygens (including phenoxy) is 3. The summed E-state index contributed by atoms with van der Waals surface area (Å²) in [5.41, 5.74) is 1.24. The summed E-state index contributed by atoms with van der Waals surface area (Å²) in [6, 6.07) is 12.6. The minimum absolute atomic E-state index is 0.00662. The summed E-state index contributed by atoms with van der Waals surface area (Å²) >= 11 is 0. The molecule has 1 saturated heterocycles. The lowest BCUT2D eigenvalue weighted by Gasteiger charge is -2.30. The second kappa shape index (κ2) is 10.9. The number of fused-ring (bicyclic) bond motifs is 2. The van der Waals surface area contributed by atoms with E-state index in [2.05, 4.69) is 10.2 Å². The van der Waals surface area contributed by atoms with E-state index in [0.29, 0.717) is 24.5 Å². The van der Waals surface area contributed by atoms with Gasteiger partial charge in [0, 0.05) is 37.1 Å². The van der Waals surface area contributed by atoms with E-state index < -0.39 is 30.9 Å². The summed E-state index contributed by atoms with van der Waals surface area (Å²) in [5, 5.41) is 8.25. The van der Waals surface area contributed by atoms with Gasteiger partial charge in [-0.2, -0.15) is 13.9 Å². The molecule has 4 aliphatic rings. The van der Waals surface area contributed by atoms with Crippen LogP contribution in [0.2, 0.25) is 0 Å². The Morgan fingerprint density at radius 3 is 2.57 bits per heavy atom. The van der Waals surface area contributed by atoms with Crippen LogP contribution in [0.15, 0.2) is 54.9 Å². The quantitative estimate of drug-likeness (QED) is 0.226.